The van der Waals surface area contributed by atoms with Crippen LogP contribution in [-0.4, -0.2) is 12.0 Å². The minimum Gasteiger partial charge on any atom is -0.373 e. The second-order valence-corrected chi connectivity index (χ2v) is 6.11. The maximum absolute atomic E-state index is 4.71. The summed E-state index contributed by atoms with van der Waals surface area (Å²) in [6, 6.07) is 4.41. The molecule has 0 bridgehead atoms. The van der Waals surface area contributed by atoms with E-state index in [0.717, 1.165) is 24.6 Å². The Morgan fingerprint density at radius 1 is 1.00 bits per heavy atom. The first-order valence-electron chi connectivity index (χ1n) is 9.84. The van der Waals surface area contributed by atoms with Crippen molar-refractivity contribution in [1.82, 2.24) is 4.98 Å². The van der Waals surface area contributed by atoms with Crippen LogP contribution in [0.4, 0.5) is 5.82 Å². The highest BCUT2D eigenvalue weighted by Crippen LogP contribution is 2.16. The summed E-state index contributed by atoms with van der Waals surface area (Å²) < 4.78 is 0. The van der Waals surface area contributed by atoms with E-state index < -0.39 is 0 Å². The molecule has 0 spiro atoms. The number of aromatic nitrogens is 1. The van der Waals surface area contributed by atoms with Gasteiger partial charge < -0.3 is 5.32 Å². The fourth-order valence-electron chi connectivity index (χ4n) is 2.56. The molecule has 2 heteroatoms. The molecule has 1 aromatic rings. The molecule has 1 rings (SSSR count). The molecule has 1 aromatic heterocycles. The number of unbranched alkanes of at least 4 members (excludes halogenated alkanes) is 4. The zero-order valence-corrected chi connectivity index (χ0v) is 17.3. The van der Waals surface area contributed by atoms with Crippen molar-refractivity contribution in [2.24, 2.45) is 5.92 Å². The normalized spacial score (nSPS) is 9.62. The topological polar surface area (TPSA) is 24.9 Å². The Balaban J connectivity index is 0. The molecule has 0 aliphatic rings. The fraction of sp³-hybridized carbons (Fsp3) is 0.682. The van der Waals surface area contributed by atoms with Crippen molar-refractivity contribution in [3.63, 3.8) is 0 Å². The van der Waals surface area contributed by atoms with Gasteiger partial charge in [0.25, 0.3) is 0 Å². The third kappa shape index (κ3) is 12.2. The number of aryl methyl sites for hydroxylation is 2. The van der Waals surface area contributed by atoms with E-state index in [4.69, 9.17) is 4.98 Å². The molecule has 0 aromatic carbocycles. The summed E-state index contributed by atoms with van der Waals surface area (Å²) in [6.07, 6.45) is 10.3. The minimum atomic E-state index is 0.858. The molecule has 140 valence electrons. The van der Waals surface area contributed by atoms with Crippen molar-refractivity contribution in [1.29, 1.82) is 0 Å². The number of hydrogen-bond donors (Lipinski definition) is 1. The first kappa shape index (κ1) is 24.9. The van der Waals surface area contributed by atoms with Gasteiger partial charge in [0.1, 0.15) is 5.82 Å². The maximum Gasteiger partial charge on any atom is 0.129 e. The van der Waals surface area contributed by atoms with Crippen LogP contribution < -0.4 is 5.32 Å². The smallest absolute Gasteiger partial charge is 0.129 e. The van der Waals surface area contributed by atoms with Gasteiger partial charge in [-0.05, 0) is 36.8 Å². The van der Waals surface area contributed by atoms with Crippen molar-refractivity contribution in [2.75, 3.05) is 12.4 Å². The lowest BCUT2D eigenvalue weighted by Crippen LogP contribution is -2.01. The van der Waals surface area contributed by atoms with Gasteiger partial charge in [0.2, 0.25) is 0 Å². The maximum atomic E-state index is 4.71. The summed E-state index contributed by atoms with van der Waals surface area (Å²) in [7, 11) is 1.96. The molecule has 0 aliphatic carbocycles. The first-order chi connectivity index (χ1) is 11.7. The monoisotopic (exact) mass is 334 g/mol. The number of anilines is 1. The largest absolute Gasteiger partial charge is 0.373 e. The third-order valence-corrected chi connectivity index (χ3v) is 3.87. The summed E-state index contributed by atoms with van der Waals surface area (Å²) in [4.78, 5) is 4.71. The molecule has 0 fully saturated rings. The highest BCUT2D eigenvalue weighted by atomic mass is 15.0. The molecule has 0 aliphatic heterocycles. The van der Waals surface area contributed by atoms with Crippen LogP contribution in [0.3, 0.4) is 0 Å². The SMILES string of the molecule is C=C.CC.CCc1ccc(CCCCCCCC(C)C)nc1NC. The van der Waals surface area contributed by atoms with Gasteiger partial charge in [0, 0.05) is 12.7 Å². The van der Waals surface area contributed by atoms with E-state index in [1.165, 1.54) is 49.8 Å². The number of nitrogens with zero attached hydrogens (tertiary/aromatic N) is 1. The lowest BCUT2D eigenvalue weighted by molar-refractivity contribution is 0.514. The van der Waals surface area contributed by atoms with Crippen molar-refractivity contribution in [3.05, 3.63) is 36.5 Å². The molecule has 1 heterocycles. The molecule has 0 amide bonds. The van der Waals surface area contributed by atoms with Crippen molar-refractivity contribution < 1.29 is 0 Å². The number of hydrogen-bond acceptors (Lipinski definition) is 2. The van der Waals surface area contributed by atoms with E-state index in [9.17, 15) is 0 Å². The second kappa shape index (κ2) is 18.0. The van der Waals surface area contributed by atoms with E-state index >= 15 is 0 Å². The Kier molecular flexibility index (Phi) is 18.7. The van der Waals surface area contributed by atoms with Crippen molar-refractivity contribution in [2.45, 2.75) is 86.0 Å². The van der Waals surface area contributed by atoms with Crippen LogP contribution >= 0.6 is 0 Å². The van der Waals surface area contributed by atoms with Crippen LogP contribution in [0.15, 0.2) is 25.3 Å². The zero-order valence-electron chi connectivity index (χ0n) is 17.3. The molecule has 1 N–H and O–H groups in total. The average molecular weight is 335 g/mol. The summed E-state index contributed by atoms with van der Waals surface area (Å²) in [5, 5.41) is 3.20. The Labute approximate surface area is 152 Å². The quantitative estimate of drug-likeness (QED) is 0.366. The Bertz CT molecular complexity index is 386. The van der Waals surface area contributed by atoms with Gasteiger partial charge >= 0.3 is 0 Å². The minimum absolute atomic E-state index is 0.858. The summed E-state index contributed by atoms with van der Waals surface area (Å²) in [6.45, 7) is 16.8. The highest BCUT2D eigenvalue weighted by molar-refractivity contribution is 5.44. The van der Waals surface area contributed by atoms with E-state index in [1.54, 1.807) is 0 Å². The number of nitrogens with one attached hydrogen (secondary N) is 1. The molecular weight excluding hydrogens is 292 g/mol. The predicted octanol–water partition coefficient (Wildman–Crippen LogP) is 7.05. The molecule has 0 saturated carbocycles. The molecule has 0 atom stereocenters. The molecule has 2 nitrogen and oxygen atoms in total. The van der Waals surface area contributed by atoms with Gasteiger partial charge in [-0.1, -0.05) is 72.8 Å². The van der Waals surface area contributed by atoms with Crippen LogP contribution in [-0.2, 0) is 12.8 Å². The standard InChI is InChI=1S/C18H32N2.C2H6.C2H4/c1-5-16-13-14-17(20-18(16)19-4)12-10-8-6-7-9-11-15(2)3;2*1-2/h13-15H,5-12H2,1-4H3,(H,19,20);1-2H3;1-2H2. The van der Waals surface area contributed by atoms with E-state index in [-0.39, 0.29) is 0 Å². The van der Waals surface area contributed by atoms with Crippen molar-refractivity contribution in [3.8, 4) is 0 Å². The van der Waals surface area contributed by atoms with Gasteiger partial charge in [-0.15, -0.1) is 13.2 Å². The highest BCUT2D eigenvalue weighted by Gasteiger charge is 2.03. The van der Waals surface area contributed by atoms with Gasteiger partial charge in [0.15, 0.2) is 0 Å². The zero-order chi connectivity index (χ0) is 18.8. The van der Waals surface area contributed by atoms with Gasteiger partial charge in [-0.2, -0.15) is 0 Å². The summed E-state index contributed by atoms with van der Waals surface area (Å²) in [5.41, 5.74) is 2.54. The Morgan fingerprint density at radius 2 is 1.58 bits per heavy atom. The van der Waals surface area contributed by atoms with Crippen LogP contribution in [0, 0.1) is 5.92 Å². The van der Waals surface area contributed by atoms with Gasteiger partial charge in [0.05, 0.1) is 0 Å². The lowest BCUT2D eigenvalue weighted by atomic mass is 10.0. The van der Waals surface area contributed by atoms with Crippen LogP contribution in [0.5, 0.6) is 0 Å². The fourth-order valence-corrected chi connectivity index (χ4v) is 2.56. The van der Waals surface area contributed by atoms with Crippen LogP contribution in [0.2, 0.25) is 0 Å². The van der Waals surface area contributed by atoms with Crippen LogP contribution in [0.1, 0.15) is 84.4 Å². The van der Waals surface area contributed by atoms with Crippen molar-refractivity contribution >= 4 is 5.82 Å². The average Bonchev–Trinajstić information content (AvgIpc) is 2.63. The lowest BCUT2D eigenvalue weighted by Gasteiger charge is -2.09. The molecular formula is C22H42N2. The summed E-state index contributed by atoms with van der Waals surface area (Å²) in [5.74, 6) is 1.91. The number of rotatable bonds is 10. The first-order valence-corrected chi connectivity index (χ1v) is 9.84. The second-order valence-electron chi connectivity index (χ2n) is 6.11. The third-order valence-electron chi connectivity index (χ3n) is 3.87. The van der Waals surface area contributed by atoms with E-state index in [2.05, 4.69) is 51.4 Å². The van der Waals surface area contributed by atoms with Gasteiger partial charge in [-0.25, -0.2) is 4.98 Å². The Hall–Kier alpha value is -1.31. The number of pyridine rings is 1. The van der Waals surface area contributed by atoms with E-state index in [1.807, 2.05) is 20.9 Å². The van der Waals surface area contributed by atoms with Gasteiger partial charge in [-0.3, -0.25) is 0 Å². The molecule has 0 radical (unpaired) electrons. The van der Waals surface area contributed by atoms with Crippen LogP contribution in [0.25, 0.3) is 0 Å². The molecule has 0 saturated heterocycles. The van der Waals surface area contributed by atoms with E-state index in [0.29, 0.717) is 0 Å². The predicted molar refractivity (Wildman–Crippen MR) is 112 cm³/mol. The molecule has 24 heavy (non-hydrogen) atoms. The summed E-state index contributed by atoms with van der Waals surface area (Å²) >= 11 is 0. The molecule has 0 unspecified atom stereocenters. The Morgan fingerprint density at radius 3 is 2.12 bits per heavy atom.